The van der Waals surface area contributed by atoms with Crippen LogP contribution < -0.4 is 0 Å². The molecule has 0 amide bonds. The molecule has 0 aromatic carbocycles. The number of nitrogens with zero attached hydrogens (tertiary/aromatic N) is 2. The number of carboxylic acid groups (broad SMARTS) is 1. The molecule has 1 aliphatic heterocycles. The number of aliphatic carboxylic acids is 1. The third kappa shape index (κ3) is 2.28. The van der Waals surface area contributed by atoms with Crippen molar-refractivity contribution < 1.29 is 9.90 Å². The largest absolute Gasteiger partial charge is 0.481 e. The first-order chi connectivity index (χ1) is 9.25. The first-order valence-electron chi connectivity index (χ1n) is 6.69. The zero-order valence-corrected chi connectivity index (χ0v) is 10.7. The van der Waals surface area contributed by atoms with Crippen LogP contribution in [0.15, 0.2) is 18.5 Å². The van der Waals surface area contributed by atoms with Crippen LogP contribution in [0.3, 0.4) is 0 Å². The number of nitrogens with one attached hydrogen (secondary N) is 1. The summed E-state index contributed by atoms with van der Waals surface area (Å²) in [4.78, 5) is 18.5. The average molecular weight is 259 g/mol. The molecule has 0 spiro atoms. The smallest absolute Gasteiger partial charge is 0.303 e. The normalized spacial score (nSPS) is 14.3. The van der Waals surface area contributed by atoms with E-state index in [4.69, 9.17) is 5.11 Å². The fourth-order valence-electron chi connectivity index (χ4n) is 2.73. The monoisotopic (exact) mass is 259 g/mol. The minimum atomic E-state index is -0.767. The van der Waals surface area contributed by atoms with E-state index in [0.717, 1.165) is 36.5 Å². The standard InChI is InChI=1S/C14H17N3O2/c18-13(19)5-4-12-16-14(10-6-7-15-9-10)11-3-1-2-8-17(11)12/h6-7,9,15H,1-5,8H2,(H,18,19). The van der Waals surface area contributed by atoms with Gasteiger partial charge in [0.25, 0.3) is 0 Å². The summed E-state index contributed by atoms with van der Waals surface area (Å²) < 4.78 is 2.22. The molecule has 5 heteroatoms. The third-order valence-electron chi connectivity index (χ3n) is 3.63. The number of rotatable bonds is 4. The number of aryl methyl sites for hydroxylation is 1. The summed E-state index contributed by atoms with van der Waals surface area (Å²) in [7, 11) is 0. The van der Waals surface area contributed by atoms with Crippen LogP contribution in [-0.2, 0) is 24.2 Å². The number of H-pyrrole nitrogens is 1. The Hall–Kier alpha value is -2.04. The summed E-state index contributed by atoms with van der Waals surface area (Å²) >= 11 is 0. The Morgan fingerprint density at radius 3 is 3.11 bits per heavy atom. The summed E-state index contributed by atoms with van der Waals surface area (Å²) in [6, 6.07) is 2.01. The van der Waals surface area contributed by atoms with Gasteiger partial charge in [-0.15, -0.1) is 0 Å². The minimum absolute atomic E-state index is 0.142. The molecule has 0 atom stereocenters. The zero-order valence-electron chi connectivity index (χ0n) is 10.7. The number of aromatic nitrogens is 3. The summed E-state index contributed by atoms with van der Waals surface area (Å²) in [6.07, 6.45) is 7.84. The van der Waals surface area contributed by atoms with E-state index in [1.165, 1.54) is 12.1 Å². The van der Waals surface area contributed by atoms with Crippen molar-refractivity contribution in [3.8, 4) is 11.3 Å². The first-order valence-corrected chi connectivity index (χ1v) is 6.69. The molecule has 2 aromatic rings. The van der Waals surface area contributed by atoms with E-state index in [2.05, 4.69) is 14.5 Å². The van der Waals surface area contributed by atoms with Crippen molar-refractivity contribution in [1.29, 1.82) is 0 Å². The van der Waals surface area contributed by atoms with Gasteiger partial charge >= 0.3 is 5.97 Å². The average Bonchev–Trinajstić information content (AvgIpc) is 3.03. The maximum Gasteiger partial charge on any atom is 0.303 e. The van der Waals surface area contributed by atoms with Crippen LogP contribution in [0.1, 0.15) is 30.8 Å². The van der Waals surface area contributed by atoms with E-state index < -0.39 is 5.97 Å². The lowest BCUT2D eigenvalue weighted by Crippen LogP contribution is -2.13. The molecular weight excluding hydrogens is 242 g/mol. The third-order valence-corrected chi connectivity index (χ3v) is 3.63. The van der Waals surface area contributed by atoms with Gasteiger partial charge in [-0.25, -0.2) is 4.98 Å². The molecule has 0 fully saturated rings. The summed E-state index contributed by atoms with van der Waals surface area (Å²) in [5, 5.41) is 8.83. The van der Waals surface area contributed by atoms with E-state index in [1.807, 2.05) is 18.5 Å². The second kappa shape index (κ2) is 4.91. The molecule has 3 heterocycles. The molecule has 2 aromatic heterocycles. The van der Waals surface area contributed by atoms with Gasteiger partial charge in [0.1, 0.15) is 5.82 Å². The highest BCUT2D eigenvalue weighted by atomic mass is 16.4. The number of imidazole rings is 1. The predicted molar refractivity (Wildman–Crippen MR) is 70.9 cm³/mol. The Morgan fingerprint density at radius 2 is 2.37 bits per heavy atom. The maximum atomic E-state index is 10.7. The van der Waals surface area contributed by atoms with Gasteiger partial charge in [-0.1, -0.05) is 0 Å². The molecule has 0 unspecified atom stereocenters. The van der Waals surface area contributed by atoms with Crippen molar-refractivity contribution >= 4 is 5.97 Å². The SMILES string of the molecule is O=C(O)CCc1nc(-c2cc[nH]c2)c2n1CCCC2. The number of hydrogen-bond donors (Lipinski definition) is 2. The van der Waals surface area contributed by atoms with Gasteiger partial charge < -0.3 is 14.7 Å². The van der Waals surface area contributed by atoms with Crippen LogP contribution in [-0.4, -0.2) is 25.6 Å². The molecule has 0 saturated heterocycles. The van der Waals surface area contributed by atoms with Crippen LogP contribution in [0.25, 0.3) is 11.3 Å². The molecule has 19 heavy (non-hydrogen) atoms. The molecule has 0 aliphatic carbocycles. The summed E-state index contributed by atoms with van der Waals surface area (Å²) in [6.45, 7) is 0.960. The Balaban J connectivity index is 1.99. The summed E-state index contributed by atoms with van der Waals surface area (Å²) in [5.74, 6) is 0.143. The highest BCUT2D eigenvalue weighted by molar-refractivity contribution is 5.67. The van der Waals surface area contributed by atoms with Crippen molar-refractivity contribution in [2.75, 3.05) is 0 Å². The van der Waals surface area contributed by atoms with Gasteiger partial charge in [0.05, 0.1) is 12.1 Å². The van der Waals surface area contributed by atoms with Crippen LogP contribution in [0.2, 0.25) is 0 Å². The van der Waals surface area contributed by atoms with Crippen molar-refractivity contribution in [2.24, 2.45) is 0 Å². The van der Waals surface area contributed by atoms with Gasteiger partial charge in [-0.2, -0.15) is 0 Å². The second-order valence-electron chi connectivity index (χ2n) is 4.93. The second-order valence-corrected chi connectivity index (χ2v) is 4.93. The molecular formula is C14H17N3O2. The van der Waals surface area contributed by atoms with Gasteiger partial charge in [0.15, 0.2) is 0 Å². The van der Waals surface area contributed by atoms with Crippen LogP contribution >= 0.6 is 0 Å². The van der Waals surface area contributed by atoms with E-state index >= 15 is 0 Å². The number of fused-ring (bicyclic) bond motifs is 1. The number of aromatic amines is 1. The lowest BCUT2D eigenvalue weighted by Gasteiger charge is -2.17. The molecule has 0 bridgehead atoms. The highest BCUT2D eigenvalue weighted by Gasteiger charge is 2.21. The van der Waals surface area contributed by atoms with E-state index in [1.54, 1.807) is 0 Å². The molecule has 100 valence electrons. The van der Waals surface area contributed by atoms with Crippen molar-refractivity contribution in [2.45, 2.75) is 38.6 Å². The molecule has 3 rings (SSSR count). The van der Waals surface area contributed by atoms with Crippen LogP contribution in [0, 0.1) is 0 Å². The van der Waals surface area contributed by atoms with Crippen LogP contribution in [0.4, 0.5) is 0 Å². The minimum Gasteiger partial charge on any atom is -0.481 e. The van der Waals surface area contributed by atoms with Crippen molar-refractivity contribution in [3.63, 3.8) is 0 Å². The first kappa shape index (κ1) is 12.0. The van der Waals surface area contributed by atoms with E-state index in [-0.39, 0.29) is 6.42 Å². The number of carbonyl (C=O) groups is 1. The quantitative estimate of drug-likeness (QED) is 0.884. The van der Waals surface area contributed by atoms with Crippen molar-refractivity contribution in [3.05, 3.63) is 30.0 Å². The lowest BCUT2D eigenvalue weighted by molar-refractivity contribution is -0.137. The molecule has 2 N–H and O–H groups in total. The lowest BCUT2D eigenvalue weighted by atomic mass is 10.1. The van der Waals surface area contributed by atoms with Gasteiger partial charge in [0, 0.05) is 36.6 Å². The zero-order chi connectivity index (χ0) is 13.2. The molecule has 1 aliphatic rings. The molecule has 0 radical (unpaired) electrons. The predicted octanol–water partition coefficient (Wildman–Crippen LogP) is 2.23. The van der Waals surface area contributed by atoms with Crippen molar-refractivity contribution in [1.82, 2.24) is 14.5 Å². The Bertz CT molecular complexity index is 584. The molecule has 0 saturated carbocycles. The Morgan fingerprint density at radius 1 is 1.47 bits per heavy atom. The molecule has 5 nitrogen and oxygen atoms in total. The Kier molecular flexibility index (Phi) is 3.11. The number of hydrogen-bond acceptors (Lipinski definition) is 2. The highest BCUT2D eigenvalue weighted by Crippen LogP contribution is 2.29. The summed E-state index contributed by atoms with van der Waals surface area (Å²) in [5.41, 5.74) is 3.36. The Labute approximate surface area is 111 Å². The fraction of sp³-hybridized carbons (Fsp3) is 0.429. The number of carboxylic acids is 1. The van der Waals surface area contributed by atoms with Gasteiger partial charge in [-0.05, 0) is 25.3 Å². The topological polar surface area (TPSA) is 70.9 Å². The van der Waals surface area contributed by atoms with Gasteiger partial charge in [-0.3, -0.25) is 4.79 Å². The maximum absolute atomic E-state index is 10.7. The van der Waals surface area contributed by atoms with Gasteiger partial charge in [0.2, 0.25) is 0 Å². The van der Waals surface area contributed by atoms with E-state index in [9.17, 15) is 4.79 Å². The van der Waals surface area contributed by atoms with Crippen LogP contribution in [0.5, 0.6) is 0 Å². The fourth-order valence-corrected chi connectivity index (χ4v) is 2.73. The van der Waals surface area contributed by atoms with E-state index in [0.29, 0.717) is 6.42 Å².